The molecule has 4 aromatic carbocycles. The highest BCUT2D eigenvalue weighted by atomic mass is 16.7. The Kier molecular flexibility index (Phi) is 7.79. The number of hydrogen-bond acceptors (Lipinski definition) is 7. The molecular weight excluding hydrogens is 572 g/mol. The summed E-state index contributed by atoms with van der Waals surface area (Å²) in [6.45, 7) is 0. The van der Waals surface area contributed by atoms with Crippen molar-refractivity contribution >= 4 is 18.0 Å². The fourth-order valence-corrected chi connectivity index (χ4v) is 6.59. The number of amides is 2. The van der Waals surface area contributed by atoms with E-state index in [0.29, 0.717) is 0 Å². The van der Waals surface area contributed by atoms with Crippen molar-refractivity contribution in [3.05, 3.63) is 144 Å². The van der Waals surface area contributed by atoms with E-state index >= 15 is 0 Å². The second kappa shape index (κ2) is 12.2. The molecule has 0 radical (unpaired) electrons. The van der Waals surface area contributed by atoms with Crippen LogP contribution in [-0.2, 0) is 28.5 Å². The third-order valence-electron chi connectivity index (χ3n) is 8.69. The number of hydrogen-bond donors (Lipinski definition) is 0. The van der Waals surface area contributed by atoms with E-state index in [1.165, 1.54) is 16.9 Å². The largest absolute Gasteiger partial charge is 0.449 e. The molecular formula is C36H32N2O7. The number of benzene rings is 4. The maximum Gasteiger partial charge on any atom is 0.411 e. The van der Waals surface area contributed by atoms with E-state index in [4.69, 9.17) is 18.9 Å². The molecule has 0 N–H and O–H groups in total. The standard InChI is InChI=1S/C36H32N2O7/c1-42-28-22-27-30(38-29(23-14-6-2-7-15-23)32(45-36(38)41)26-20-12-5-13-21-26)33(39)37(27)34(43-28)35(40)44-31(24-16-8-3-9-17-24)25-18-10-4-11-19-25/h2-21,27-32,34H,22H2,1H3. The Morgan fingerprint density at radius 2 is 1.27 bits per heavy atom. The van der Waals surface area contributed by atoms with Crippen molar-refractivity contribution in [1.82, 2.24) is 9.80 Å². The zero-order chi connectivity index (χ0) is 30.9. The van der Waals surface area contributed by atoms with Gasteiger partial charge in [-0.2, -0.15) is 0 Å². The van der Waals surface area contributed by atoms with Crippen LogP contribution in [0.4, 0.5) is 4.79 Å². The number of cyclic esters (lactones) is 1. The lowest BCUT2D eigenvalue weighted by atomic mass is 9.85. The van der Waals surface area contributed by atoms with Crippen LogP contribution in [0, 0.1) is 0 Å². The summed E-state index contributed by atoms with van der Waals surface area (Å²) in [7, 11) is 1.48. The molecule has 228 valence electrons. The average Bonchev–Trinajstić information content (AvgIpc) is 3.43. The van der Waals surface area contributed by atoms with Crippen molar-refractivity contribution in [2.24, 2.45) is 0 Å². The Balaban J connectivity index is 1.19. The lowest BCUT2D eigenvalue weighted by Crippen LogP contribution is -2.77. The quantitative estimate of drug-likeness (QED) is 0.192. The van der Waals surface area contributed by atoms with Crippen LogP contribution in [0.5, 0.6) is 0 Å². The van der Waals surface area contributed by atoms with Crippen LogP contribution in [0.1, 0.15) is 46.9 Å². The summed E-state index contributed by atoms with van der Waals surface area (Å²) in [5.74, 6) is -1.14. The molecule has 0 aliphatic carbocycles. The van der Waals surface area contributed by atoms with Crippen molar-refractivity contribution in [3.63, 3.8) is 0 Å². The molecule has 0 aromatic heterocycles. The molecule has 4 aromatic rings. The van der Waals surface area contributed by atoms with Gasteiger partial charge in [0.25, 0.3) is 5.91 Å². The molecule has 3 fully saturated rings. The number of carbonyl (C=O) groups excluding carboxylic acids is 3. The van der Waals surface area contributed by atoms with Crippen molar-refractivity contribution < 1.29 is 33.3 Å². The summed E-state index contributed by atoms with van der Waals surface area (Å²) in [5, 5.41) is 0. The molecule has 9 nitrogen and oxygen atoms in total. The van der Waals surface area contributed by atoms with Crippen LogP contribution in [0.15, 0.2) is 121 Å². The highest BCUT2D eigenvalue weighted by Gasteiger charge is 2.63. The van der Waals surface area contributed by atoms with E-state index in [9.17, 15) is 14.4 Å². The molecule has 6 unspecified atom stereocenters. The van der Waals surface area contributed by atoms with E-state index in [0.717, 1.165) is 22.3 Å². The topological polar surface area (TPSA) is 94.6 Å². The third-order valence-corrected chi connectivity index (χ3v) is 8.69. The first-order valence-electron chi connectivity index (χ1n) is 14.9. The summed E-state index contributed by atoms with van der Waals surface area (Å²) in [6, 6.07) is 35.8. The molecule has 3 aliphatic heterocycles. The Bertz CT molecular complexity index is 1610. The van der Waals surface area contributed by atoms with E-state index in [-0.39, 0.29) is 6.42 Å². The van der Waals surface area contributed by atoms with Gasteiger partial charge in [0, 0.05) is 13.5 Å². The minimum Gasteiger partial charge on any atom is -0.449 e. The third kappa shape index (κ3) is 5.24. The monoisotopic (exact) mass is 604 g/mol. The highest BCUT2D eigenvalue weighted by Crippen LogP contribution is 2.48. The second-order valence-corrected chi connectivity index (χ2v) is 11.3. The lowest BCUT2D eigenvalue weighted by molar-refractivity contribution is -0.270. The number of β-lactam (4-membered cyclic amide) rings is 1. The maximum absolute atomic E-state index is 14.0. The number of ether oxygens (including phenoxy) is 4. The SMILES string of the molecule is COC1CC2C(N3C(=O)OC(c4ccccc4)C3c3ccccc3)C(=O)N2C(C(=O)OC(c2ccccc2)c2ccccc2)O1. The van der Waals surface area contributed by atoms with Crippen molar-refractivity contribution in [1.29, 1.82) is 0 Å². The zero-order valence-electron chi connectivity index (χ0n) is 24.5. The van der Waals surface area contributed by atoms with Crippen LogP contribution >= 0.6 is 0 Å². The van der Waals surface area contributed by atoms with E-state index in [1.54, 1.807) is 0 Å². The molecule has 0 saturated carbocycles. The molecule has 45 heavy (non-hydrogen) atoms. The Morgan fingerprint density at radius 1 is 0.733 bits per heavy atom. The summed E-state index contributed by atoms with van der Waals surface area (Å²) in [6.07, 6.45) is -3.84. The van der Waals surface area contributed by atoms with Crippen molar-refractivity contribution in [3.8, 4) is 0 Å². The fraction of sp³-hybridized carbons (Fsp3) is 0.250. The van der Waals surface area contributed by atoms with E-state index in [1.807, 2.05) is 121 Å². The second-order valence-electron chi connectivity index (χ2n) is 11.3. The van der Waals surface area contributed by atoms with Gasteiger partial charge in [-0.15, -0.1) is 0 Å². The molecule has 3 heterocycles. The lowest BCUT2D eigenvalue weighted by Gasteiger charge is -2.56. The molecule has 0 spiro atoms. The molecule has 0 bridgehead atoms. The highest BCUT2D eigenvalue weighted by molar-refractivity contribution is 5.96. The fourth-order valence-electron chi connectivity index (χ4n) is 6.59. The number of esters is 1. The number of methoxy groups -OCH3 is 1. The van der Waals surface area contributed by atoms with Crippen molar-refractivity contribution in [2.75, 3.05) is 7.11 Å². The van der Waals surface area contributed by atoms with Gasteiger partial charge in [0.05, 0.1) is 6.04 Å². The van der Waals surface area contributed by atoms with Gasteiger partial charge < -0.3 is 18.9 Å². The minimum absolute atomic E-state index is 0.263. The van der Waals surface area contributed by atoms with Gasteiger partial charge in [0.15, 0.2) is 18.5 Å². The summed E-state index contributed by atoms with van der Waals surface area (Å²) >= 11 is 0. The van der Waals surface area contributed by atoms with Crippen LogP contribution in [0.3, 0.4) is 0 Å². The summed E-state index contributed by atoms with van der Waals surface area (Å²) < 4.78 is 23.6. The first-order chi connectivity index (χ1) is 22.0. The van der Waals surface area contributed by atoms with Gasteiger partial charge in [-0.05, 0) is 22.3 Å². The van der Waals surface area contributed by atoms with Gasteiger partial charge in [-0.3, -0.25) is 14.6 Å². The number of fused-ring (bicyclic) bond motifs is 1. The molecule has 3 saturated heterocycles. The molecule has 6 atom stereocenters. The van der Waals surface area contributed by atoms with E-state index in [2.05, 4.69) is 0 Å². The maximum atomic E-state index is 14.0. The van der Waals surface area contributed by atoms with E-state index < -0.39 is 60.8 Å². The molecule has 2 amide bonds. The predicted octanol–water partition coefficient (Wildman–Crippen LogP) is 5.55. The first kappa shape index (κ1) is 28.8. The van der Waals surface area contributed by atoms with Crippen LogP contribution in [0.25, 0.3) is 0 Å². The molecule has 3 aliphatic rings. The number of nitrogens with zero attached hydrogens (tertiary/aromatic N) is 2. The number of carbonyl (C=O) groups is 3. The van der Waals surface area contributed by atoms with Crippen molar-refractivity contribution in [2.45, 2.75) is 49.3 Å². The Labute approximate surface area is 260 Å². The van der Waals surface area contributed by atoms with Gasteiger partial charge in [-0.25, -0.2) is 9.59 Å². The molecule has 7 rings (SSSR count). The van der Waals surface area contributed by atoms with Crippen LogP contribution < -0.4 is 0 Å². The zero-order valence-corrected chi connectivity index (χ0v) is 24.5. The van der Waals surface area contributed by atoms with Gasteiger partial charge >= 0.3 is 12.1 Å². The van der Waals surface area contributed by atoms with Gasteiger partial charge in [-0.1, -0.05) is 121 Å². The first-order valence-corrected chi connectivity index (χ1v) is 14.9. The number of rotatable bonds is 8. The Hall–Kier alpha value is -4.99. The van der Waals surface area contributed by atoms with Crippen LogP contribution in [-0.4, -0.2) is 59.5 Å². The average molecular weight is 605 g/mol. The normalized spacial score (nSPS) is 25.8. The van der Waals surface area contributed by atoms with Gasteiger partial charge in [0.2, 0.25) is 6.23 Å². The van der Waals surface area contributed by atoms with Gasteiger partial charge in [0.1, 0.15) is 12.1 Å². The summed E-state index contributed by atoms with van der Waals surface area (Å²) in [5.41, 5.74) is 3.21. The summed E-state index contributed by atoms with van der Waals surface area (Å²) in [4.78, 5) is 44.4. The minimum atomic E-state index is -1.36. The Morgan fingerprint density at radius 3 is 1.82 bits per heavy atom. The predicted molar refractivity (Wildman–Crippen MR) is 162 cm³/mol. The van der Waals surface area contributed by atoms with Crippen LogP contribution in [0.2, 0.25) is 0 Å². The smallest absolute Gasteiger partial charge is 0.411 e. The molecule has 9 heteroatoms.